The average molecular weight is 264 g/mol. The number of aromatic nitrogens is 2. The van der Waals surface area contributed by atoms with Gasteiger partial charge in [0.15, 0.2) is 0 Å². The highest BCUT2D eigenvalue weighted by Crippen LogP contribution is 2.39. The Morgan fingerprint density at radius 2 is 2.16 bits per heavy atom. The van der Waals surface area contributed by atoms with Crippen LogP contribution in [0, 0.1) is 17.8 Å². The minimum absolute atomic E-state index is 0.229. The summed E-state index contributed by atoms with van der Waals surface area (Å²) in [6.07, 6.45) is 4.79. The fourth-order valence-corrected chi connectivity index (χ4v) is 3.36. The van der Waals surface area contributed by atoms with E-state index < -0.39 is 0 Å². The summed E-state index contributed by atoms with van der Waals surface area (Å²) in [5.74, 6) is 8.09. The van der Waals surface area contributed by atoms with Crippen molar-refractivity contribution in [2.75, 3.05) is 0 Å². The molecule has 2 rings (SSSR count). The molecular weight excluding hydrogens is 236 g/mol. The van der Waals surface area contributed by atoms with Crippen LogP contribution in [0.5, 0.6) is 0 Å². The molecule has 0 bridgehead atoms. The van der Waals surface area contributed by atoms with Gasteiger partial charge in [-0.3, -0.25) is 16.0 Å². The van der Waals surface area contributed by atoms with E-state index in [0.717, 1.165) is 24.0 Å². The largest absolute Gasteiger partial charge is 0.271 e. The maximum absolute atomic E-state index is 5.84. The van der Waals surface area contributed by atoms with Gasteiger partial charge in [0.25, 0.3) is 0 Å². The van der Waals surface area contributed by atoms with Crippen molar-refractivity contribution in [1.82, 2.24) is 15.2 Å². The molecule has 4 nitrogen and oxygen atoms in total. The van der Waals surface area contributed by atoms with Crippen molar-refractivity contribution in [3.05, 3.63) is 17.5 Å². The van der Waals surface area contributed by atoms with Crippen LogP contribution in [0.1, 0.15) is 57.5 Å². The standard InChI is InChI=1S/C15H28N4/c1-5-13-9-14(19(4)18-13)15(17-16)12-7-6-10(2)11(3)8-12/h9-12,15,17H,5-8,16H2,1-4H3. The van der Waals surface area contributed by atoms with Crippen LogP contribution < -0.4 is 11.3 Å². The van der Waals surface area contributed by atoms with Crippen LogP contribution in [0.25, 0.3) is 0 Å². The molecule has 1 aromatic rings. The number of nitrogens with one attached hydrogen (secondary N) is 1. The zero-order valence-corrected chi connectivity index (χ0v) is 12.7. The Morgan fingerprint density at radius 3 is 2.68 bits per heavy atom. The molecule has 0 spiro atoms. The van der Waals surface area contributed by atoms with Gasteiger partial charge >= 0.3 is 0 Å². The molecule has 4 atom stereocenters. The second-order valence-electron chi connectivity index (χ2n) is 6.21. The zero-order valence-electron chi connectivity index (χ0n) is 12.7. The number of hydrazine groups is 1. The summed E-state index contributed by atoms with van der Waals surface area (Å²) >= 11 is 0. The second-order valence-corrected chi connectivity index (χ2v) is 6.21. The molecule has 1 fully saturated rings. The fourth-order valence-electron chi connectivity index (χ4n) is 3.36. The van der Waals surface area contributed by atoms with Crippen molar-refractivity contribution < 1.29 is 0 Å². The molecular formula is C15H28N4. The van der Waals surface area contributed by atoms with E-state index in [9.17, 15) is 0 Å². The number of nitrogens with two attached hydrogens (primary N) is 1. The molecule has 0 amide bonds. The van der Waals surface area contributed by atoms with Crippen molar-refractivity contribution in [2.45, 2.75) is 52.5 Å². The van der Waals surface area contributed by atoms with Crippen LogP contribution in [-0.2, 0) is 13.5 Å². The predicted octanol–water partition coefficient (Wildman–Crippen LogP) is 2.56. The molecule has 1 heterocycles. The summed E-state index contributed by atoms with van der Waals surface area (Å²) < 4.78 is 1.99. The van der Waals surface area contributed by atoms with Crippen molar-refractivity contribution >= 4 is 0 Å². The quantitative estimate of drug-likeness (QED) is 0.649. The van der Waals surface area contributed by atoms with Crippen LogP contribution in [0.15, 0.2) is 6.07 Å². The van der Waals surface area contributed by atoms with Crippen LogP contribution in [0.4, 0.5) is 0 Å². The van der Waals surface area contributed by atoms with Gasteiger partial charge in [-0.05, 0) is 43.1 Å². The molecule has 3 N–H and O–H groups in total. The van der Waals surface area contributed by atoms with E-state index in [-0.39, 0.29) is 6.04 Å². The Hall–Kier alpha value is -0.870. The molecule has 19 heavy (non-hydrogen) atoms. The van der Waals surface area contributed by atoms with E-state index in [1.807, 2.05) is 11.7 Å². The number of aryl methyl sites for hydroxylation is 2. The summed E-state index contributed by atoms with van der Waals surface area (Å²) in [5.41, 5.74) is 5.42. The smallest absolute Gasteiger partial charge is 0.0657 e. The van der Waals surface area contributed by atoms with Crippen LogP contribution in [0.2, 0.25) is 0 Å². The molecule has 1 saturated carbocycles. The van der Waals surface area contributed by atoms with Gasteiger partial charge in [-0.1, -0.05) is 27.2 Å². The molecule has 1 aliphatic carbocycles. The minimum atomic E-state index is 0.229. The van der Waals surface area contributed by atoms with E-state index in [0.29, 0.717) is 5.92 Å². The van der Waals surface area contributed by atoms with E-state index in [1.165, 1.54) is 25.0 Å². The molecule has 0 radical (unpaired) electrons. The van der Waals surface area contributed by atoms with Gasteiger partial charge in [0.05, 0.1) is 17.4 Å². The SMILES string of the molecule is CCc1cc(C(NN)C2CCC(C)C(C)C2)n(C)n1. The monoisotopic (exact) mass is 264 g/mol. The highest BCUT2D eigenvalue weighted by molar-refractivity contribution is 5.15. The number of rotatable bonds is 4. The zero-order chi connectivity index (χ0) is 14.0. The fraction of sp³-hybridized carbons (Fsp3) is 0.800. The third kappa shape index (κ3) is 3.00. The maximum atomic E-state index is 5.84. The molecule has 4 heteroatoms. The van der Waals surface area contributed by atoms with E-state index in [1.54, 1.807) is 0 Å². The second kappa shape index (κ2) is 6.06. The van der Waals surface area contributed by atoms with Crippen LogP contribution in [-0.4, -0.2) is 9.78 Å². The Morgan fingerprint density at radius 1 is 1.42 bits per heavy atom. The molecule has 0 aromatic carbocycles. The van der Waals surface area contributed by atoms with Gasteiger partial charge in [-0.25, -0.2) is 0 Å². The van der Waals surface area contributed by atoms with Crippen molar-refractivity contribution in [3.8, 4) is 0 Å². The van der Waals surface area contributed by atoms with Gasteiger partial charge in [0.2, 0.25) is 0 Å². The Bertz CT molecular complexity index is 412. The normalized spacial score (nSPS) is 29.4. The Balaban J connectivity index is 2.17. The Labute approximate surface area is 116 Å². The lowest BCUT2D eigenvalue weighted by molar-refractivity contribution is 0.168. The van der Waals surface area contributed by atoms with Crippen molar-refractivity contribution in [1.29, 1.82) is 0 Å². The molecule has 1 aliphatic rings. The number of nitrogens with zero attached hydrogens (tertiary/aromatic N) is 2. The number of hydrogen-bond acceptors (Lipinski definition) is 3. The van der Waals surface area contributed by atoms with Gasteiger partial charge < -0.3 is 0 Å². The first-order valence-electron chi connectivity index (χ1n) is 7.55. The third-order valence-corrected chi connectivity index (χ3v) is 4.94. The van der Waals surface area contributed by atoms with Gasteiger partial charge in [0.1, 0.15) is 0 Å². The Kier molecular flexibility index (Phi) is 4.63. The van der Waals surface area contributed by atoms with Gasteiger partial charge in [0, 0.05) is 7.05 Å². The van der Waals surface area contributed by atoms with Crippen LogP contribution >= 0.6 is 0 Å². The van der Waals surface area contributed by atoms with E-state index in [2.05, 4.69) is 37.4 Å². The first kappa shape index (κ1) is 14.5. The van der Waals surface area contributed by atoms with Crippen molar-refractivity contribution in [3.63, 3.8) is 0 Å². The summed E-state index contributed by atoms with van der Waals surface area (Å²) in [4.78, 5) is 0. The first-order valence-corrected chi connectivity index (χ1v) is 7.55. The molecule has 0 aliphatic heterocycles. The van der Waals surface area contributed by atoms with Crippen molar-refractivity contribution in [2.24, 2.45) is 30.6 Å². The topological polar surface area (TPSA) is 55.9 Å². The summed E-state index contributed by atoms with van der Waals surface area (Å²) in [7, 11) is 2.02. The predicted molar refractivity (Wildman–Crippen MR) is 78.3 cm³/mol. The highest BCUT2D eigenvalue weighted by atomic mass is 15.3. The lowest BCUT2D eigenvalue weighted by atomic mass is 9.73. The lowest BCUT2D eigenvalue weighted by Gasteiger charge is -2.36. The molecule has 0 saturated heterocycles. The maximum Gasteiger partial charge on any atom is 0.0657 e. The number of hydrogen-bond donors (Lipinski definition) is 2. The van der Waals surface area contributed by atoms with E-state index in [4.69, 9.17) is 5.84 Å². The third-order valence-electron chi connectivity index (χ3n) is 4.94. The highest BCUT2D eigenvalue weighted by Gasteiger charge is 2.32. The van der Waals surface area contributed by atoms with Gasteiger partial charge in [-0.2, -0.15) is 5.10 Å². The summed E-state index contributed by atoms with van der Waals surface area (Å²) in [6, 6.07) is 2.43. The lowest BCUT2D eigenvalue weighted by Crippen LogP contribution is -2.37. The molecule has 108 valence electrons. The average Bonchev–Trinajstić information content (AvgIpc) is 2.76. The molecule has 4 unspecified atom stereocenters. The van der Waals surface area contributed by atoms with E-state index >= 15 is 0 Å². The summed E-state index contributed by atoms with van der Waals surface area (Å²) in [5, 5.41) is 4.55. The first-order chi connectivity index (χ1) is 9.06. The minimum Gasteiger partial charge on any atom is -0.271 e. The van der Waals surface area contributed by atoms with Crippen LogP contribution in [0.3, 0.4) is 0 Å². The summed E-state index contributed by atoms with van der Waals surface area (Å²) in [6.45, 7) is 6.87. The van der Waals surface area contributed by atoms with Gasteiger partial charge in [-0.15, -0.1) is 0 Å². The molecule has 1 aromatic heterocycles.